The van der Waals surface area contributed by atoms with Crippen LogP contribution in [0.4, 0.5) is 4.79 Å². The monoisotopic (exact) mass is 711 g/mol. The summed E-state index contributed by atoms with van der Waals surface area (Å²) >= 11 is 0. The summed E-state index contributed by atoms with van der Waals surface area (Å²) in [6.45, 7) is 4.14. The number of aromatic nitrogens is 7. The van der Waals surface area contributed by atoms with E-state index in [1.54, 1.807) is 13.8 Å². The molecule has 17 heteroatoms. The number of tetrazole rings is 1. The number of esters is 1. The number of unbranched alkanes of at least 4 members (excludes halogenated alkanes) is 3. The minimum atomic E-state index is -0.825. The molecule has 6 rings (SSSR count). The van der Waals surface area contributed by atoms with Gasteiger partial charge in [0.15, 0.2) is 11.4 Å². The minimum Gasteiger partial charge on any atom is -0.464 e. The third kappa shape index (κ3) is 8.20. The summed E-state index contributed by atoms with van der Waals surface area (Å²) in [7, 11) is 0. The Kier molecular flexibility index (Phi) is 11.1. The molecule has 270 valence electrons. The smallest absolute Gasteiger partial charge is 0.416 e. The van der Waals surface area contributed by atoms with Crippen LogP contribution in [-0.4, -0.2) is 83.0 Å². The topological polar surface area (TPSA) is 210 Å². The highest BCUT2D eigenvalue weighted by molar-refractivity contribution is 5.89. The van der Waals surface area contributed by atoms with Crippen LogP contribution in [0.15, 0.2) is 59.4 Å². The second-order valence-electron chi connectivity index (χ2n) is 12.3. The molecule has 1 atom stereocenters. The molecule has 0 bridgehead atoms. The number of amides is 1. The SMILES string of the molecule is Cc1nc(C)c2c(OC(=O)N3CCCC3C(=O)OCCCCCCO[N+](=O)[O-])cc(=O)n(Cc3ccc(-c4ccccc4-c4nn[nH]n4)cc3)c2n1. The summed E-state index contributed by atoms with van der Waals surface area (Å²) in [5.74, 6) is 0.397. The van der Waals surface area contributed by atoms with Crippen molar-refractivity contribution < 1.29 is 29.0 Å². The standard InChI is InChI=1S/C35H37N9O8/c1-22-31-29(52-35(47)42-17-9-12-28(42)34(46)50-18-7-3-4-8-19-51-44(48)49)20-30(45)43(33(31)37-23(2)36-22)21-24-13-15-25(16-14-24)26-10-5-6-11-27(26)32-38-40-41-39-32/h5-6,10-11,13-16,20,28H,3-4,7-9,12,17-19,21H2,1-2H3,(H,38,39,40,41). The van der Waals surface area contributed by atoms with Crippen molar-refractivity contribution in [2.24, 2.45) is 0 Å². The van der Waals surface area contributed by atoms with Crippen LogP contribution in [0, 0.1) is 24.0 Å². The average Bonchev–Trinajstić information content (AvgIpc) is 3.85. The molecule has 4 heterocycles. The fourth-order valence-corrected chi connectivity index (χ4v) is 6.30. The quantitative estimate of drug-likeness (QED) is 0.0724. The molecule has 5 aromatic rings. The van der Waals surface area contributed by atoms with Gasteiger partial charge in [0.1, 0.15) is 11.9 Å². The van der Waals surface area contributed by atoms with Gasteiger partial charge in [0.25, 0.3) is 10.6 Å². The van der Waals surface area contributed by atoms with Crippen molar-refractivity contribution >= 4 is 23.1 Å². The molecule has 3 aromatic heterocycles. The normalized spacial score (nSPS) is 14.0. The predicted molar refractivity (Wildman–Crippen MR) is 186 cm³/mol. The number of benzene rings is 2. The van der Waals surface area contributed by atoms with Crippen LogP contribution in [0.3, 0.4) is 0 Å². The van der Waals surface area contributed by atoms with E-state index in [1.165, 1.54) is 15.5 Å². The molecule has 17 nitrogen and oxygen atoms in total. The number of H-pyrrole nitrogens is 1. The maximum Gasteiger partial charge on any atom is 0.416 e. The first-order chi connectivity index (χ1) is 25.2. The van der Waals surface area contributed by atoms with Crippen LogP contribution >= 0.6 is 0 Å². The molecule has 0 saturated carbocycles. The van der Waals surface area contributed by atoms with Crippen LogP contribution in [-0.2, 0) is 20.9 Å². The van der Waals surface area contributed by atoms with Crippen molar-refractivity contribution in [1.29, 1.82) is 0 Å². The van der Waals surface area contributed by atoms with E-state index in [0.717, 1.165) is 22.3 Å². The lowest BCUT2D eigenvalue weighted by Gasteiger charge is -2.23. The second kappa shape index (κ2) is 16.2. The highest BCUT2D eigenvalue weighted by Gasteiger charge is 2.37. The Morgan fingerprint density at radius 1 is 1.00 bits per heavy atom. The highest BCUT2D eigenvalue weighted by Crippen LogP contribution is 2.31. The summed E-state index contributed by atoms with van der Waals surface area (Å²) < 4.78 is 12.8. The molecule has 1 unspecified atom stereocenters. The minimum absolute atomic E-state index is 0.00671. The zero-order chi connectivity index (χ0) is 36.6. The first kappa shape index (κ1) is 35.6. The lowest BCUT2D eigenvalue weighted by atomic mass is 9.98. The van der Waals surface area contributed by atoms with Crippen LogP contribution in [0.5, 0.6) is 5.75 Å². The maximum atomic E-state index is 13.6. The maximum absolute atomic E-state index is 13.6. The molecule has 1 aliphatic heterocycles. The molecule has 1 N–H and O–H groups in total. The molecule has 0 spiro atoms. The van der Waals surface area contributed by atoms with Crippen LogP contribution in [0.1, 0.15) is 55.6 Å². The van der Waals surface area contributed by atoms with E-state index in [1.807, 2.05) is 48.5 Å². The Morgan fingerprint density at radius 2 is 1.75 bits per heavy atom. The molecular formula is C35H37N9O8. The number of aryl methyl sites for hydroxylation is 2. The summed E-state index contributed by atoms with van der Waals surface area (Å²) in [5.41, 5.74) is 3.92. The number of carbonyl (C=O) groups excluding carboxylic acids is 2. The van der Waals surface area contributed by atoms with E-state index >= 15 is 0 Å². The number of likely N-dealkylation sites (tertiary alicyclic amines) is 1. The van der Waals surface area contributed by atoms with E-state index in [4.69, 9.17) is 9.47 Å². The molecule has 52 heavy (non-hydrogen) atoms. The zero-order valence-corrected chi connectivity index (χ0v) is 28.7. The van der Waals surface area contributed by atoms with E-state index < -0.39 is 28.8 Å². The first-order valence-electron chi connectivity index (χ1n) is 16.9. The van der Waals surface area contributed by atoms with Crippen molar-refractivity contribution in [1.82, 2.24) is 40.1 Å². The van der Waals surface area contributed by atoms with Crippen LogP contribution < -0.4 is 10.3 Å². The third-order valence-corrected chi connectivity index (χ3v) is 8.76. The fourth-order valence-electron chi connectivity index (χ4n) is 6.30. The van der Waals surface area contributed by atoms with Gasteiger partial charge < -0.3 is 14.3 Å². The Hall–Kier alpha value is -6.26. The van der Waals surface area contributed by atoms with Crippen LogP contribution in [0.2, 0.25) is 0 Å². The molecular weight excluding hydrogens is 674 g/mol. The lowest BCUT2D eigenvalue weighted by Crippen LogP contribution is -2.43. The van der Waals surface area contributed by atoms with Gasteiger partial charge in [0.2, 0.25) is 5.82 Å². The van der Waals surface area contributed by atoms with E-state index in [2.05, 4.69) is 35.4 Å². The van der Waals surface area contributed by atoms with Crippen LogP contribution in [0.25, 0.3) is 33.5 Å². The first-order valence-corrected chi connectivity index (χ1v) is 16.9. The van der Waals surface area contributed by atoms with Gasteiger partial charge in [0.05, 0.1) is 30.8 Å². The second-order valence-corrected chi connectivity index (χ2v) is 12.3. The van der Waals surface area contributed by atoms with Gasteiger partial charge in [-0.1, -0.05) is 55.0 Å². The number of hydrogen-bond donors (Lipinski definition) is 1. The Balaban J connectivity index is 1.15. The molecule has 0 radical (unpaired) electrons. The third-order valence-electron chi connectivity index (χ3n) is 8.76. The van der Waals surface area contributed by atoms with Crippen molar-refractivity contribution in [2.45, 2.75) is 65.0 Å². The number of nitrogens with zero attached hydrogens (tertiary/aromatic N) is 8. The number of hydrogen-bond acceptors (Lipinski definition) is 13. The van der Waals surface area contributed by atoms with E-state index in [9.17, 15) is 24.5 Å². The van der Waals surface area contributed by atoms with Gasteiger partial charge in [0, 0.05) is 18.2 Å². The van der Waals surface area contributed by atoms with Crippen molar-refractivity contribution in [3.05, 3.63) is 92.1 Å². The Labute approximate surface area is 297 Å². The van der Waals surface area contributed by atoms with Crippen molar-refractivity contribution in [2.75, 3.05) is 19.8 Å². The number of ether oxygens (including phenoxy) is 2. The number of fused-ring (bicyclic) bond motifs is 1. The molecule has 1 saturated heterocycles. The van der Waals surface area contributed by atoms with E-state index in [0.29, 0.717) is 66.9 Å². The summed E-state index contributed by atoms with van der Waals surface area (Å²) in [5, 5.41) is 24.2. The molecule has 2 aromatic carbocycles. The van der Waals surface area contributed by atoms with Gasteiger partial charge >= 0.3 is 12.1 Å². The largest absolute Gasteiger partial charge is 0.464 e. The van der Waals surface area contributed by atoms with Gasteiger partial charge in [-0.2, -0.15) is 5.21 Å². The molecule has 1 fully saturated rings. The van der Waals surface area contributed by atoms with Gasteiger partial charge in [-0.25, -0.2) is 19.6 Å². The van der Waals surface area contributed by atoms with E-state index in [-0.39, 0.29) is 32.1 Å². The summed E-state index contributed by atoms with van der Waals surface area (Å²) in [4.78, 5) is 65.0. The number of aromatic amines is 1. The Morgan fingerprint density at radius 3 is 2.48 bits per heavy atom. The summed E-state index contributed by atoms with van der Waals surface area (Å²) in [6, 6.07) is 15.9. The number of carbonyl (C=O) groups is 2. The number of nitrogens with one attached hydrogen (secondary N) is 1. The summed E-state index contributed by atoms with van der Waals surface area (Å²) in [6.07, 6.45) is 2.70. The predicted octanol–water partition coefficient (Wildman–Crippen LogP) is 4.58. The highest BCUT2D eigenvalue weighted by atomic mass is 16.9. The number of pyridine rings is 1. The van der Waals surface area contributed by atoms with Crippen molar-refractivity contribution in [3.63, 3.8) is 0 Å². The van der Waals surface area contributed by atoms with Gasteiger partial charge in [-0.3, -0.25) is 14.3 Å². The average molecular weight is 712 g/mol. The Bertz CT molecular complexity index is 2120. The fraction of sp³-hybridized carbons (Fsp3) is 0.371. The van der Waals surface area contributed by atoms with Crippen molar-refractivity contribution in [3.8, 4) is 28.3 Å². The lowest BCUT2D eigenvalue weighted by molar-refractivity contribution is -0.757. The zero-order valence-electron chi connectivity index (χ0n) is 28.7. The number of rotatable bonds is 14. The van der Waals surface area contributed by atoms with Gasteiger partial charge in [-0.05, 0) is 67.9 Å². The molecule has 1 amide bonds. The van der Waals surface area contributed by atoms with Gasteiger partial charge in [-0.15, -0.1) is 20.3 Å². The molecule has 1 aliphatic rings. The molecule has 0 aliphatic carbocycles.